The summed E-state index contributed by atoms with van der Waals surface area (Å²) >= 11 is 0. The van der Waals surface area contributed by atoms with Gasteiger partial charge in [-0.15, -0.1) is 0 Å². The van der Waals surface area contributed by atoms with Crippen molar-refractivity contribution >= 4 is 10.2 Å². The van der Waals surface area contributed by atoms with E-state index in [9.17, 15) is 19.4 Å². The van der Waals surface area contributed by atoms with Crippen LogP contribution in [0.2, 0.25) is 0 Å². The molecule has 0 aliphatic carbocycles. The molecule has 0 heterocycles. The highest BCUT2D eigenvalue weighted by Crippen LogP contribution is 3.02. The van der Waals surface area contributed by atoms with E-state index in [0.29, 0.717) is 30.1 Å². The second kappa shape index (κ2) is 5.17. The lowest BCUT2D eigenvalue weighted by atomic mass is 10.2. The second-order valence-electron chi connectivity index (χ2n) is 4.70. The molecule has 0 fully saturated rings. The van der Waals surface area contributed by atoms with E-state index in [2.05, 4.69) is 11.8 Å². The van der Waals surface area contributed by atoms with Gasteiger partial charge in [-0.1, -0.05) is 31.3 Å². The summed E-state index contributed by atoms with van der Waals surface area (Å²) < 4.78 is 68.2. The highest BCUT2D eigenvalue weighted by Gasteiger charge is 2.65. The zero-order valence-corrected chi connectivity index (χ0v) is 12.8. The van der Waals surface area contributed by atoms with Crippen molar-refractivity contribution in [2.45, 2.75) is 11.8 Å². The summed E-state index contributed by atoms with van der Waals surface area (Å²) in [5.41, 5.74) is 0.842. The molecule has 0 N–H and O–H groups in total. The Balaban J connectivity index is 2.20. The molecule has 0 bridgehead atoms. The normalized spacial score (nSPS) is 14.2. The van der Waals surface area contributed by atoms with Crippen LogP contribution in [-0.2, 0) is 0 Å². The van der Waals surface area contributed by atoms with Crippen molar-refractivity contribution in [2.75, 3.05) is 6.61 Å². The molecule has 0 amide bonds. The predicted octanol–water partition coefficient (Wildman–Crippen LogP) is 6.14. The monoisotopic (exact) mass is 348 g/mol. The second-order valence-corrected chi connectivity index (χ2v) is 7.11. The van der Waals surface area contributed by atoms with Gasteiger partial charge in [-0.25, -0.2) is 0 Å². The summed E-state index contributed by atoms with van der Waals surface area (Å²) in [5.74, 6) is 6.05. The third-order valence-corrected chi connectivity index (χ3v) is 3.98. The SMILES string of the molecule is CCOc1ccc(C#Cc2ccc(S(F)(F)(F)(F)F)cc2)cc1. The number of halogens is 5. The maximum Gasteiger partial charge on any atom is 0.310 e. The highest BCUT2D eigenvalue weighted by molar-refractivity contribution is 8.45. The van der Waals surface area contributed by atoms with Gasteiger partial charge in [0.1, 0.15) is 10.6 Å². The van der Waals surface area contributed by atoms with Crippen LogP contribution in [0, 0.1) is 11.8 Å². The fourth-order valence-electron chi connectivity index (χ4n) is 1.74. The molecule has 0 saturated heterocycles. The Labute approximate surface area is 130 Å². The molecular weight excluding hydrogens is 335 g/mol. The molecule has 0 aliphatic heterocycles. The van der Waals surface area contributed by atoms with Crippen LogP contribution < -0.4 is 4.74 Å². The lowest BCUT2D eigenvalue weighted by Gasteiger charge is -2.40. The molecule has 124 valence electrons. The molecule has 2 aromatic carbocycles. The van der Waals surface area contributed by atoms with Crippen LogP contribution >= 0.6 is 10.2 Å². The largest absolute Gasteiger partial charge is 0.494 e. The van der Waals surface area contributed by atoms with Crippen molar-refractivity contribution in [1.29, 1.82) is 0 Å². The van der Waals surface area contributed by atoms with Gasteiger partial charge in [0.15, 0.2) is 0 Å². The van der Waals surface area contributed by atoms with Crippen molar-refractivity contribution in [2.24, 2.45) is 0 Å². The molecule has 0 saturated carbocycles. The number of hydrogen-bond acceptors (Lipinski definition) is 1. The Morgan fingerprint density at radius 2 is 1.22 bits per heavy atom. The van der Waals surface area contributed by atoms with Gasteiger partial charge in [0.05, 0.1) is 6.61 Å². The van der Waals surface area contributed by atoms with Gasteiger partial charge >= 0.3 is 10.2 Å². The highest BCUT2D eigenvalue weighted by atomic mass is 32.5. The van der Waals surface area contributed by atoms with E-state index in [1.54, 1.807) is 24.3 Å². The third-order valence-electron chi connectivity index (χ3n) is 2.82. The zero-order chi connectivity index (χ0) is 17.2. The first-order valence-corrected chi connectivity index (χ1v) is 8.52. The maximum absolute atomic E-state index is 12.6. The van der Waals surface area contributed by atoms with Crippen LogP contribution in [0.5, 0.6) is 5.75 Å². The number of benzene rings is 2. The van der Waals surface area contributed by atoms with Crippen LogP contribution in [0.1, 0.15) is 18.1 Å². The number of hydrogen-bond donors (Lipinski definition) is 0. The van der Waals surface area contributed by atoms with Gasteiger partial charge in [0, 0.05) is 11.1 Å². The fourth-order valence-corrected chi connectivity index (χ4v) is 2.39. The minimum absolute atomic E-state index is 0.212. The summed E-state index contributed by atoms with van der Waals surface area (Å²) in [6, 6.07) is 9.37. The molecule has 0 unspecified atom stereocenters. The molecule has 0 aromatic heterocycles. The molecule has 1 nitrogen and oxygen atoms in total. The van der Waals surface area contributed by atoms with Gasteiger partial charge in [0.2, 0.25) is 0 Å². The number of ether oxygens (including phenoxy) is 1. The molecular formula is C16H13F5OS. The van der Waals surface area contributed by atoms with Crippen LogP contribution in [-0.4, -0.2) is 6.61 Å². The number of rotatable bonds is 3. The molecule has 0 radical (unpaired) electrons. The standard InChI is InChI=1S/C16H13F5OS/c1-2-22-15-9-5-13(6-10-15)3-4-14-7-11-16(12-8-14)23(17,18,19,20)21/h5-12H,2H2,1H3. The van der Waals surface area contributed by atoms with Gasteiger partial charge in [-0.2, -0.15) is 0 Å². The molecule has 2 rings (SSSR count). The topological polar surface area (TPSA) is 9.23 Å². The van der Waals surface area contributed by atoms with E-state index in [1.807, 2.05) is 6.92 Å². The maximum atomic E-state index is 12.6. The van der Waals surface area contributed by atoms with Crippen LogP contribution in [0.25, 0.3) is 0 Å². The van der Waals surface area contributed by atoms with Crippen molar-refractivity contribution in [3.05, 3.63) is 59.7 Å². The van der Waals surface area contributed by atoms with E-state index in [0.717, 1.165) is 12.1 Å². The summed E-state index contributed by atoms with van der Waals surface area (Å²) in [5, 5.41) is 0. The van der Waals surface area contributed by atoms with Crippen LogP contribution in [0.4, 0.5) is 19.4 Å². The van der Waals surface area contributed by atoms with E-state index in [-0.39, 0.29) is 5.56 Å². The van der Waals surface area contributed by atoms with Crippen LogP contribution in [0.3, 0.4) is 0 Å². The van der Waals surface area contributed by atoms with E-state index < -0.39 is 15.1 Å². The Kier molecular flexibility index (Phi) is 3.86. The van der Waals surface area contributed by atoms with E-state index in [4.69, 9.17) is 4.74 Å². The van der Waals surface area contributed by atoms with E-state index >= 15 is 0 Å². The average molecular weight is 348 g/mol. The average Bonchev–Trinajstić information content (AvgIpc) is 2.45. The summed E-state index contributed by atoms with van der Waals surface area (Å²) in [6.07, 6.45) is 0. The molecule has 0 spiro atoms. The first-order valence-electron chi connectivity index (χ1n) is 6.57. The first-order chi connectivity index (χ1) is 10.5. The molecule has 7 heteroatoms. The van der Waals surface area contributed by atoms with Gasteiger partial charge in [-0.3, -0.25) is 0 Å². The fraction of sp³-hybridized carbons (Fsp3) is 0.125. The Bertz CT molecular complexity index is 753. The third kappa shape index (κ3) is 4.89. The van der Waals surface area contributed by atoms with E-state index in [1.165, 1.54) is 0 Å². The van der Waals surface area contributed by atoms with Crippen molar-refractivity contribution < 1.29 is 24.2 Å². The molecule has 0 aliphatic rings. The first kappa shape index (κ1) is 17.2. The van der Waals surface area contributed by atoms with Gasteiger partial charge < -0.3 is 4.74 Å². The minimum atomic E-state index is -9.62. The lowest BCUT2D eigenvalue weighted by molar-refractivity contribution is 0.340. The summed E-state index contributed by atoms with van der Waals surface area (Å²) in [7, 11) is -9.62. The minimum Gasteiger partial charge on any atom is -0.494 e. The molecule has 2 aromatic rings. The lowest BCUT2D eigenvalue weighted by Crippen LogP contribution is -2.05. The predicted molar refractivity (Wildman–Crippen MR) is 81.4 cm³/mol. The van der Waals surface area contributed by atoms with Gasteiger partial charge in [0.25, 0.3) is 0 Å². The Hall–Kier alpha value is -2.20. The van der Waals surface area contributed by atoms with Crippen molar-refractivity contribution in [3.8, 4) is 17.6 Å². The summed E-state index contributed by atoms with van der Waals surface area (Å²) in [6.45, 7) is 2.38. The smallest absolute Gasteiger partial charge is 0.310 e. The molecule has 0 atom stereocenters. The quantitative estimate of drug-likeness (QED) is 0.478. The van der Waals surface area contributed by atoms with Crippen molar-refractivity contribution in [1.82, 2.24) is 0 Å². The van der Waals surface area contributed by atoms with Gasteiger partial charge in [-0.05, 0) is 55.5 Å². The Morgan fingerprint density at radius 1 is 0.783 bits per heavy atom. The zero-order valence-electron chi connectivity index (χ0n) is 12.0. The summed E-state index contributed by atoms with van der Waals surface area (Å²) in [4.78, 5) is -1.92. The molecule has 23 heavy (non-hydrogen) atoms. The Morgan fingerprint density at radius 3 is 1.61 bits per heavy atom. The van der Waals surface area contributed by atoms with Crippen LogP contribution in [0.15, 0.2) is 53.4 Å². The van der Waals surface area contributed by atoms with Crippen molar-refractivity contribution in [3.63, 3.8) is 0 Å².